The van der Waals surface area contributed by atoms with E-state index in [0.29, 0.717) is 22.7 Å². The van der Waals surface area contributed by atoms with E-state index >= 15 is 0 Å². The maximum atomic E-state index is 11.9. The summed E-state index contributed by atoms with van der Waals surface area (Å²) in [6, 6.07) is 3.75. The Hall–Kier alpha value is -1.96. The predicted molar refractivity (Wildman–Crippen MR) is 78.9 cm³/mol. The molecule has 0 unspecified atom stereocenters. The van der Waals surface area contributed by atoms with Crippen molar-refractivity contribution in [1.29, 1.82) is 0 Å². The summed E-state index contributed by atoms with van der Waals surface area (Å²) < 4.78 is 6.57. The highest BCUT2D eigenvalue weighted by atomic mass is 32.2. The van der Waals surface area contributed by atoms with Gasteiger partial charge in [0.1, 0.15) is 0 Å². The number of rotatable bonds is 6. The molecule has 0 spiro atoms. The molecule has 1 saturated carbocycles. The van der Waals surface area contributed by atoms with E-state index in [-0.39, 0.29) is 17.7 Å². The van der Waals surface area contributed by atoms with Crippen LogP contribution in [0.4, 0.5) is 0 Å². The lowest BCUT2D eigenvalue weighted by molar-refractivity contribution is -0.119. The van der Waals surface area contributed by atoms with Crippen LogP contribution in [0, 0.1) is 5.92 Å². The van der Waals surface area contributed by atoms with Gasteiger partial charge in [0.05, 0.1) is 12.0 Å². The topological polar surface area (TPSA) is 99.0 Å². The van der Waals surface area contributed by atoms with Crippen molar-refractivity contribution in [2.45, 2.75) is 31.0 Å². The van der Waals surface area contributed by atoms with E-state index in [1.165, 1.54) is 29.3 Å². The van der Waals surface area contributed by atoms with Gasteiger partial charge in [0.2, 0.25) is 16.9 Å². The summed E-state index contributed by atoms with van der Waals surface area (Å²) in [7, 11) is 0. The van der Waals surface area contributed by atoms with Crippen molar-refractivity contribution in [3.63, 3.8) is 0 Å². The third-order valence-corrected chi connectivity index (χ3v) is 4.40. The highest BCUT2D eigenvalue weighted by Crippen LogP contribution is 2.32. The first-order valence-corrected chi connectivity index (χ1v) is 7.80. The van der Waals surface area contributed by atoms with Gasteiger partial charge in [0.25, 0.3) is 0 Å². The number of nitrogens with zero attached hydrogens (tertiary/aromatic N) is 3. The Morgan fingerprint density at radius 1 is 1.62 bits per heavy atom. The Labute approximate surface area is 126 Å². The molecule has 1 aliphatic rings. The molecule has 0 aliphatic heterocycles. The highest BCUT2D eigenvalue weighted by molar-refractivity contribution is 7.99. The molecule has 2 heterocycles. The minimum Gasteiger partial charge on any atom is -0.461 e. The van der Waals surface area contributed by atoms with Crippen molar-refractivity contribution in [3.8, 4) is 11.6 Å². The van der Waals surface area contributed by atoms with Crippen LogP contribution in [-0.4, -0.2) is 32.6 Å². The molecule has 3 rings (SSSR count). The summed E-state index contributed by atoms with van der Waals surface area (Å²) in [4.78, 5) is 11.9. The number of furan rings is 1. The van der Waals surface area contributed by atoms with E-state index in [2.05, 4.69) is 15.5 Å². The molecule has 0 radical (unpaired) electrons. The van der Waals surface area contributed by atoms with Gasteiger partial charge in [0.15, 0.2) is 5.76 Å². The van der Waals surface area contributed by atoms with E-state index < -0.39 is 0 Å². The number of thioether (sulfide) groups is 1. The van der Waals surface area contributed by atoms with Crippen molar-refractivity contribution < 1.29 is 9.21 Å². The van der Waals surface area contributed by atoms with Crippen LogP contribution in [0.3, 0.4) is 0 Å². The first kappa shape index (κ1) is 14.0. The molecular weight excluding hydrogens is 290 g/mol. The zero-order valence-corrected chi connectivity index (χ0v) is 12.5. The standard InChI is InChI=1S/C13H17N5O2S/c1-8(9-4-5-9)15-11(19)7-21-13-17-16-12(18(13)14)10-3-2-6-20-10/h2-3,6,8-9H,4-5,7,14H2,1H3,(H,15,19)/t8-/m1/s1. The minimum absolute atomic E-state index is 0.0121. The van der Waals surface area contributed by atoms with Gasteiger partial charge in [-0.1, -0.05) is 11.8 Å². The van der Waals surface area contributed by atoms with Gasteiger partial charge in [-0.15, -0.1) is 10.2 Å². The number of nitrogen functional groups attached to an aromatic ring is 1. The molecule has 1 aliphatic carbocycles. The third-order valence-electron chi connectivity index (χ3n) is 3.46. The maximum Gasteiger partial charge on any atom is 0.230 e. The Balaban J connectivity index is 1.57. The molecule has 3 N–H and O–H groups in total. The highest BCUT2D eigenvalue weighted by Gasteiger charge is 2.28. The van der Waals surface area contributed by atoms with E-state index in [1.807, 2.05) is 6.92 Å². The summed E-state index contributed by atoms with van der Waals surface area (Å²) in [6.45, 7) is 2.04. The summed E-state index contributed by atoms with van der Waals surface area (Å²) in [5, 5.41) is 11.4. The number of amides is 1. The molecular formula is C13H17N5O2S. The fourth-order valence-corrected chi connectivity index (χ4v) is 2.76. The molecule has 112 valence electrons. The molecule has 0 bridgehead atoms. The normalized spacial score (nSPS) is 15.9. The minimum atomic E-state index is -0.0121. The average molecular weight is 307 g/mol. The monoisotopic (exact) mass is 307 g/mol. The lowest BCUT2D eigenvalue weighted by Gasteiger charge is -2.12. The SMILES string of the molecule is C[C@@H](NC(=O)CSc1nnc(-c2ccco2)n1N)C1CC1. The van der Waals surface area contributed by atoms with Gasteiger partial charge in [-0.2, -0.15) is 0 Å². The molecule has 7 nitrogen and oxygen atoms in total. The van der Waals surface area contributed by atoms with E-state index in [0.717, 1.165) is 0 Å². The molecule has 0 aromatic carbocycles. The van der Waals surface area contributed by atoms with Gasteiger partial charge >= 0.3 is 0 Å². The van der Waals surface area contributed by atoms with E-state index in [1.54, 1.807) is 18.4 Å². The quantitative estimate of drug-likeness (QED) is 0.616. The summed E-state index contributed by atoms with van der Waals surface area (Å²) in [5.74, 6) is 7.80. The van der Waals surface area contributed by atoms with Gasteiger partial charge in [0, 0.05) is 6.04 Å². The number of nitrogens with one attached hydrogen (secondary N) is 1. The molecule has 8 heteroatoms. The maximum absolute atomic E-state index is 11.9. The molecule has 2 aromatic heterocycles. The molecule has 1 atom stereocenters. The van der Waals surface area contributed by atoms with Crippen LogP contribution in [0.2, 0.25) is 0 Å². The molecule has 2 aromatic rings. The third kappa shape index (κ3) is 3.21. The molecule has 1 fully saturated rings. The van der Waals surface area contributed by atoms with Crippen LogP contribution in [-0.2, 0) is 4.79 Å². The molecule has 0 saturated heterocycles. The second-order valence-electron chi connectivity index (χ2n) is 5.14. The Bertz CT molecular complexity index is 621. The number of aromatic nitrogens is 3. The predicted octanol–water partition coefficient (Wildman–Crippen LogP) is 1.26. The van der Waals surface area contributed by atoms with E-state index in [4.69, 9.17) is 10.3 Å². The number of nitrogens with two attached hydrogens (primary N) is 1. The fraction of sp³-hybridized carbons (Fsp3) is 0.462. The largest absolute Gasteiger partial charge is 0.461 e. The van der Waals surface area contributed by atoms with Crippen molar-refractivity contribution in [2.75, 3.05) is 11.6 Å². The van der Waals surface area contributed by atoms with Crippen LogP contribution in [0.25, 0.3) is 11.6 Å². The van der Waals surface area contributed by atoms with Crippen LogP contribution < -0.4 is 11.2 Å². The van der Waals surface area contributed by atoms with E-state index in [9.17, 15) is 4.79 Å². The number of hydrogen-bond donors (Lipinski definition) is 2. The zero-order valence-electron chi connectivity index (χ0n) is 11.7. The number of carbonyl (C=O) groups excluding carboxylic acids is 1. The van der Waals surface area contributed by atoms with Gasteiger partial charge in [-0.3, -0.25) is 4.79 Å². The van der Waals surface area contributed by atoms with Crippen molar-refractivity contribution in [1.82, 2.24) is 20.2 Å². The van der Waals surface area contributed by atoms with Crippen molar-refractivity contribution >= 4 is 17.7 Å². The van der Waals surface area contributed by atoms with Crippen molar-refractivity contribution in [3.05, 3.63) is 18.4 Å². The first-order valence-electron chi connectivity index (χ1n) is 6.81. The second-order valence-corrected chi connectivity index (χ2v) is 6.08. The zero-order chi connectivity index (χ0) is 14.8. The van der Waals surface area contributed by atoms with Gasteiger partial charge in [-0.05, 0) is 37.8 Å². The van der Waals surface area contributed by atoms with Gasteiger partial charge < -0.3 is 15.6 Å². The van der Waals surface area contributed by atoms with Crippen LogP contribution in [0.1, 0.15) is 19.8 Å². The lowest BCUT2D eigenvalue weighted by atomic mass is 10.2. The van der Waals surface area contributed by atoms with Crippen LogP contribution in [0.15, 0.2) is 28.0 Å². The summed E-state index contributed by atoms with van der Waals surface area (Å²) in [6.07, 6.45) is 3.96. The van der Waals surface area contributed by atoms with Crippen LogP contribution in [0.5, 0.6) is 0 Å². The Morgan fingerprint density at radius 3 is 3.10 bits per heavy atom. The lowest BCUT2D eigenvalue weighted by Crippen LogP contribution is -2.35. The summed E-state index contributed by atoms with van der Waals surface area (Å²) >= 11 is 1.26. The van der Waals surface area contributed by atoms with Gasteiger partial charge in [-0.25, -0.2) is 4.68 Å². The van der Waals surface area contributed by atoms with Crippen LogP contribution >= 0.6 is 11.8 Å². The molecule has 1 amide bonds. The first-order chi connectivity index (χ1) is 10.1. The Morgan fingerprint density at radius 2 is 2.43 bits per heavy atom. The average Bonchev–Trinajstić information content (AvgIpc) is 3.06. The smallest absolute Gasteiger partial charge is 0.230 e. The second kappa shape index (κ2) is 5.80. The summed E-state index contributed by atoms with van der Waals surface area (Å²) in [5.41, 5.74) is 0. The number of hydrogen-bond acceptors (Lipinski definition) is 6. The Kier molecular flexibility index (Phi) is 3.87. The fourth-order valence-electron chi connectivity index (χ4n) is 2.09. The molecule has 21 heavy (non-hydrogen) atoms. The number of carbonyl (C=O) groups is 1. The van der Waals surface area contributed by atoms with Crippen molar-refractivity contribution in [2.24, 2.45) is 5.92 Å².